The van der Waals surface area contributed by atoms with E-state index in [0.29, 0.717) is 28.6 Å². The van der Waals surface area contributed by atoms with Gasteiger partial charge in [0.05, 0.1) is 0 Å². The van der Waals surface area contributed by atoms with E-state index in [4.69, 9.17) is 19.4 Å². The molecule has 5 heteroatoms. The normalized spacial score (nSPS) is 11.3. The van der Waals surface area contributed by atoms with Gasteiger partial charge in [0.2, 0.25) is 0 Å². The molecule has 152 valence electrons. The molecule has 2 aromatic heterocycles. The number of hydrogen-bond acceptors (Lipinski definition) is 4. The molecule has 0 spiro atoms. The number of fused-ring (bicyclic) bond motifs is 3. The van der Waals surface area contributed by atoms with Crippen LogP contribution in [0.1, 0.15) is 0 Å². The molecule has 0 aliphatic carbocycles. The van der Waals surface area contributed by atoms with E-state index >= 15 is 0 Å². The highest BCUT2D eigenvalue weighted by Crippen LogP contribution is 2.32. The highest BCUT2D eigenvalue weighted by Gasteiger charge is 2.14. The number of furan rings is 1. The second-order valence-electron chi connectivity index (χ2n) is 7.49. The molecule has 4 nitrogen and oxygen atoms in total. The van der Waals surface area contributed by atoms with Gasteiger partial charge in [0.1, 0.15) is 17.0 Å². The van der Waals surface area contributed by atoms with E-state index in [9.17, 15) is 4.39 Å². The van der Waals surface area contributed by atoms with Crippen LogP contribution < -0.4 is 0 Å². The second-order valence-corrected chi connectivity index (χ2v) is 7.49. The van der Waals surface area contributed by atoms with E-state index in [1.54, 1.807) is 6.07 Å². The molecule has 0 bridgehead atoms. The third-order valence-corrected chi connectivity index (χ3v) is 5.39. The fraction of sp³-hybridized carbons (Fsp3) is 0. The molecule has 0 saturated heterocycles. The molecule has 32 heavy (non-hydrogen) atoms. The Morgan fingerprint density at radius 2 is 1.09 bits per heavy atom. The summed E-state index contributed by atoms with van der Waals surface area (Å²) in [5.74, 6) is 1.45. The lowest BCUT2D eigenvalue weighted by Gasteiger charge is -2.08. The molecule has 6 rings (SSSR count). The number of halogens is 1. The number of rotatable bonds is 3. The Bertz CT molecular complexity index is 1520. The summed E-state index contributed by atoms with van der Waals surface area (Å²) in [5.41, 5.74) is 3.92. The predicted molar refractivity (Wildman–Crippen MR) is 123 cm³/mol. The predicted octanol–water partition coefficient (Wildman–Crippen LogP) is 6.91. The van der Waals surface area contributed by atoms with Crippen LogP contribution in [0.4, 0.5) is 4.39 Å². The standard InChI is InChI=1S/C27H16FN3O/c28-20-12-14-23-22(16-20)21-13-11-19(15-24(21)32-23)27-30-25(17-7-3-1-4-8-17)29-26(31-27)18-9-5-2-6-10-18/h1-16H. The first-order valence-electron chi connectivity index (χ1n) is 10.2. The van der Waals surface area contributed by atoms with Crippen LogP contribution in [0.2, 0.25) is 0 Å². The van der Waals surface area contributed by atoms with E-state index in [0.717, 1.165) is 27.5 Å². The van der Waals surface area contributed by atoms with Crippen LogP contribution >= 0.6 is 0 Å². The first kappa shape index (κ1) is 18.4. The lowest BCUT2D eigenvalue weighted by atomic mass is 10.1. The van der Waals surface area contributed by atoms with Gasteiger partial charge in [-0.15, -0.1) is 0 Å². The zero-order chi connectivity index (χ0) is 21.5. The maximum atomic E-state index is 13.7. The van der Waals surface area contributed by atoms with Crippen molar-refractivity contribution in [3.63, 3.8) is 0 Å². The van der Waals surface area contributed by atoms with Gasteiger partial charge in [0.25, 0.3) is 0 Å². The fourth-order valence-corrected chi connectivity index (χ4v) is 3.83. The van der Waals surface area contributed by atoms with Crippen molar-refractivity contribution in [3.8, 4) is 34.2 Å². The van der Waals surface area contributed by atoms with E-state index in [1.165, 1.54) is 12.1 Å². The smallest absolute Gasteiger partial charge is 0.164 e. The second kappa shape index (κ2) is 7.39. The van der Waals surface area contributed by atoms with Gasteiger partial charge in [-0.1, -0.05) is 66.7 Å². The summed E-state index contributed by atoms with van der Waals surface area (Å²) in [6.07, 6.45) is 0. The first-order valence-corrected chi connectivity index (χ1v) is 10.2. The molecular weight excluding hydrogens is 401 g/mol. The molecule has 0 amide bonds. The zero-order valence-corrected chi connectivity index (χ0v) is 16.9. The number of hydrogen-bond donors (Lipinski definition) is 0. The summed E-state index contributed by atoms with van der Waals surface area (Å²) < 4.78 is 19.7. The largest absolute Gasteiger partial charge is 0.456 e. The quantitative estimate of drug-likeness (QED) is 0.314. The van der Waals surface area contributed by atoms with Crippen LogP contribution in [-0.4, -0.2) is 15.0 Å². The molecule has 0 N–H and O–H groups in total. The molecule has 4 aromatic carbocycles. The average molecular weight is 417 g/mol. The lowest BCUT2D eigenvalue weighted by molar-refractivity contribution is 0.626. The number of nitrogens with zero attached hydrogens (tertiary/aromatic N) is 3. The van der Waals surface area contributed by atoms with E-state index < -0.39 is 0 Å². The molecule has 0 radical (unpaired) electrons. The van der Waals surface area contributed by atoms with Crippen molar-refractivity contribution >= 4 is 21.9 Å². The van der Waals surface area contributed by atoms with Gasteiger partial charge < -0.3 is 4.42 Å². The molecule has 6 aromatic rings. The van der Waals surface area contributed by atoms with Crippen molar-refractivity contribution in [1.29, 1.82) is 0 Å². The van der Waals surface area contributed by atoms with Crippen molar-refractivity contribution < 1.29 is 8.81 Å². The van der Waals surface area contributed by atoms with Gasteiger partial charge in [0.15, 0.2) is 17.5 Å². The SMILES string of the molecule is Fc1ccc2oc3cc(-c4nc(-c5ccccc5)nc(-c5ccccc5)n4)ccc3c2c1. The number of aromatic nitrogens is 3. The third kappa shape index (κ3) is 3.20. The van der Waals surface area contributed by atoms with Gasteiger partial charge in [-0.2, -0.15) is 0 Å². The van der Waals surface area contributed by atoms with E-state index in [1.807, 2.05) is 78.9 Å². The number of benzene rings is 4. The molecular formula is C27H16FN3O. The highest BCUT2D eigenvalue weighted by molar-refractivity contribution is 6.05. The summed E-state index contributed by atoms with van der Waals surface area (Å²) in [6.45, 7) is 0. The molecule has 0 saturated carbocycles. The molecule has 0 aliphatic rings. The molecule has 0 aliphatic heterocycles. The van der Waals surface area contributed by atoms with Gasteiger partial charge in [0, 0.05) is 27.5 Å². The Kier molecular flexibility index (Phi) is 4.25. The molecule has 0 fully saturated rings. The molecule has 0 unspecified atom stereocenters. The van der Waals surface area contributed by atoms with Crippen LogP contribution in [-0.2, 0) is 0 Å². The Balaban J connectivity index is 1.55. The molecule has 2 heterocycles. The van der Waals surface area contributed by atoms with Gasteiger partial charge in [-0.25, -0.2) is 19.3 Å². The summed E-state index contributed by atoms with van der Waals surface area (Å²) in [5, 5.41) is 1.60. The minimum atomic E-state index is -0.290. The van der Waals surface area contributed by atoms with Crippen LogP contribution in [0.25, 0.3) is 56.1 Å². The van der Waals surface area contributed by atoms with Gasteiger partial charge in [-0.3, -0.25) is 0 Å². The summed E-state index contributed by atoms with van der Waals surface area (Å²) in [6, 6.07) is 29.9. The first-order chi connectivity index (χ1) is 15.7. The minimum Gasteiger partial charge on any atom is -0.456 e. The fourth-order valence-electron chi connectivity index (χ4n) is 3.83. The topological polar surface area (TPSA) is 51.8 Å². The van der Waals surface area contributed by atoms with E-state index in [-0.39, 0.29) is 5.82 Å². The molecule has 0 atom stereocenters. The maximum absolute atomic E-state index is 13.7. The van der Waals surface area contributed by atoms with Crippen LogP contribution in [0.15, 0.2) is 101 Å². The van der Waals surface area contributed by atoms with E-state index in [2.05, 4.69) is 0 Å². The van der Waals surface area contributed by atoms with Crippen molar-refractivity contribution in [3.05, 3.63) is 103 Å². The third-order valence-electron chi connectivity index (χ3n) is 5.39. The minimum absolute atomic E-state index is 0.290. The van der Waals surface area contributed by atoms with Crippen molar-refractivity contribution in [2.45, 2.75) is 0 Å². The lowest BCUT2D eigenvalue weighted by Crippen LogP contribution is -2.00. The van der Waals surface area contributed by atoms with Crippen molar-refractivity contribution in [2.24, 2.45) is 0 Å². The monoisotopic (exact) mass is 417 g/mol. The van der Waals surface area contributed by atoms with Crippen molar-refractivity contribution in [2.75, 3.05) is 0 Å². The zero-order valence-electron chi connectivity index (χ0n) is 16.9. The average Bonchev–Trinajstić information content (AvgIpc) is 3.22. The van der Waals surface area contributed by atoms with Crippen LogP contribution in [0.3, 0.4) is 0 Å². The Labute approximate surface area is 183 Å². The highest BCUT2D eigenvalue weighted by atomic mass is 19.1. The van der Waals surface area contributed by atoms with Crippen molar-refractivity contribution in [1.82, 2.24) is 15.0 Å². The van der Waals surface area contributed by atoms with Crippen LogP contribution in [0, 0.1) is 5.82 Å². The maximum Gasteiger partial charge on any atom is 0.164 e. The Morgan fingerprint density at radius 1 is 0.500 bits per heavy atom. The Morgan fingerprint density at radius 3 is 1.72 bits per heavy atom. The van der Waals surface area contributed by atoms with Crippen LogP contribution in [0.5, 0.6) is 0 Å². The summed E-state index contributed by atoms with van der Waals surface area (Å²) >= 11 is 0. The summed E-state index contributed by atoms with van der Waals surface area (Å²) in [4.78, 5) is 14.2. The van der Waals surface area contributed by atoms with Gasteiger partial charge in [-0.05, 0) is 30.3 Å². The summed E-state index contributed by atoms with van der Waals surface area (Å²) in [7, 11) is 0. The Hall–Kier alpha value is -4.38. The van der Waals surface area contributed by atoms with Gasteiger partial charge >= 0.3 is 0 Å².